The van der Waals surface area contributed by atoms with Crippen molar-refractivity contribution in [3.05, 3.63) is 15.6 Å². The van der Waals surface area contributed by atoms with E-state index in [1.54, 1.807) is 11.3 Å². The average molecular weight is 282 g/mol. The van der Waals surface area contributed by atoms with Crippen LogP contribution in [0.4, 0.5) is 0 Å². The number of hydrogen-bond acceptors (Lipinski definition) is 4. The summed E-state index contributed by atoms with van der Waals surface area (Å²) in [5.74, 6) is 0.0245. The van der Waals surface area contributed by atoms with Crippen molar-refractivity contribution in [3.63, 3.8) is 0 Å². The van der Waals surface area contributed by atoms with Crippen molar-refractivity contribution in [1.29, 1.82) is 0 Å². The predicted octanol–water partition coefficient (Wildman–Crippen LogP) is 2.38. The lowest BCUT2D eigenvalue weighted by Gasteiger charge is -2.21. The lowest BCUT2D eigenvalue weighted by atomic mass is 10.0. The Kier molecular flexibility index (Phi) is 4.58. The van der Waals surface area contributed by atoms with Gasteiger partial charge in [0.15, 0.2) is 0 Å². The van der Waals surface area contributed by atoms with Crippen molar-refractivity contribution in [2.24, 2.45) is 0 Å². The first-order chi connectivity index (χ1) is 9.01. The molecule has 2 heterocycles. The number of hydrogen-bond donors (Lipinski definition) is 1. The smallest absolute Gasteiger partial charge is 0.251 e. The van der Waals surface area contributed by atoms with E-state index in [2.05, 4.69) is 17.2 Å². The number of amides is 1. The van der Waals surface area contributed by atoms with E-state index < -0.39 is 5.60 Å². The van der Waals surface area contributed by atoms with Gasteiger partial charge in [0.25, 0.3) is 5.91 Å². The quantitative estimate of drug-likeness (QED) is 0.844. The molecule has 1 saturated heterocycles. The number of nitrogens with one attached hydrogen (secondary N) is 1. The van der Waals surface area contributed by atoms with Crippen molar-refractivity contribution in [1.82, 2.24) is 10.3 Å². The Morgan fingerprint density at radius 2 is 2.32 bits per heavy atom. The summed E-state index contributed by atoms with van der Waals surface area (Å²) < 4.78 is 5.51. The summed E-state index contributed by atoms with van der Waals surface area (Å²) in [5, 5.41) is 4.13. The summed E-state index contributed by atoms with van der Waals surface area (Å²) in [6.45, 7) is 7.39. The van der Waals surface area contributed by atoms with Crippen LogP contribution in [0.3, 0.4) is 0 Å². The van der Waals surface area contributed by atoms with Gasteiger partial charge >= 0.3 is 0 Å². The van der Waals surface area contributed by atoms with Gasteiger partial charge in [0.05, 0.1) is 10.7 Å². The molecule has 2 rings (SSSR count). The Morgan fingerprint density at radius 3 is 2.89 bits per heavy atom. The average Bonchev–Trinajstić information content (AvgIpc) is 2.93. The van der Waals surface area contributed by atoms with E-state index in [9.17, 15) is 4.79 Å². The highest BCUT2D eigenvalue weighted by molar-refractivity contribution is 7.11. The second-order valence-corrected chi connectivity index (χ2v) is 6.58. The molecule has 0 spiro atoms. The van der Waals surface area contributed by atoms with Crippen LogP contribution in [0.5, 0.6) is 0 Å². The van der Waals surface area contributed by atoms with E-state index >= 15 is 0 Å². The standard InChI is InChI=1S/C14H22N2O2S/c1-10-11(2)19-12(16-10)6-4-8-15-13(17)14(3)7-5-9-18-14/h4-9H2,1-3H3,(H,15,17). The lowest BCUT2D eigenvalue weighted by Crippen LogP contribution is -2.44. The van der Waals surface area contributed by atoms with Crippen LogP contribution in [0.15, 0.2) is 0 Å². The molecule has 0 radical (unpaired) electrons. The van der Waals surface area contributed by atoms with Gasteiger partial charge in [-0.15, -0.1) is 11.3 Å². The molecule has 1 atom stereocenters. The van der Waals surface area contributed by atoms with Gasteiger partial charge in [0.2, 0.25) is 0 Å². The SMILES string of the molecule is Cc1nc(CCCNC(=O)C2(C)CCCO2)sc1C. The van der Waals surface area contributed by atoms with Gasteiger partial charge in [-0.2, -0.15) is 0 Å². The van der Waals surface area contributed by atoms with Crippen molar-refractivity contribution >= 4 is 17.2 Å². The molecule has 0 saturated carbocycles. The van der Waals surface area contributed by atoms with Crippen molar-refractivity contribution < 1.29 is 9.53 Å². The Bertz CT molecular complexity index is 431. The molecule has 1 aliphatic heterocycles. The predicted molar refractivity (Wildman–Crippen MR) is 76.5 cm³/mol. The highest BCUT2D eigenvalue weighted by atomic mass is 32.1. The fraction of sp³-hybridized carbons (Fsp3) is 0.714. The number of thiazole rings is 1. The topological polar surface area (TPSA) is 51.2 Å². The minimum absolute atomic E-state index is 0.0245. The van der Waals surface area contributed by atoms with E-state index in [-0.39, 0.29) is 5.91 Å². The number of aryl methyl sites for hydroxylation is 3. The van der Waals surface area contributed by atoms with Gasteiger partial charge in [-0.25, -0.2) is 4.98 Å². The first-order valence-corrected chi connectivity index (χ1v) is 7.68. The molecule has 106 valence electrons. The van der Waals surface area contributed by atoms with Gasteiger partial charge < -0.3 is 10.1 Å². The summed E-state index contributed by atoms with van der Waals surface area (Å²) in [7, 11) is 0. The first kappa shape index (κ1) is 14.5. The number of rotatable bonds is 5. The van der Waals surface area contributed by atoms with E-state index in [1.165, 1.54) is 4.88 Å². The maximum absolute atomic E-state index is 12.0. The molecule has 1 fully saturated rings. The fourth-order valence-corrected chi connectivity index (χ4v) is 3.21. The minimum Gasteiger partial charge on any atom is -0.365 e. The highest BCUT2D eigenvalue weighted by Crippen LogP contribution is 2.25. The van der Waals surface area contributed by atoms with Crippen molar-refractivity contribution in [2.75, 3.05) is 13.2 Å². The monoisotopic (exact) mass is 282 g/mol. The third-order valence-electron chi connectivity index (χ3n) is 3.62. The normalized spacial score (nSPS) is 22.7. The fourth-order valence-electron chi connectivity index (χ4n) is 2.23. The molecule has 0 aromatic carbocycles. The second-order valence-electron chi connectivity index (χ2n) is 5.29. The molecule has 1 N–H and O–H groups in total. The number of ether oxygens (including phenoxy) is 1. The third kappa shape index (κ3) is 3.54. The van der Waals surface area contributed by atoms with Crippen LogP contribution in [0.1, 0.15) is 41.8 Å². The molecule has 0 bridgehead atoms. The lowest BCUT2D eigenvalue weighted by molar-refractivity contribution is -0.139. The summed E-state index contributed by atoms with van der Waals surface area (Å²) in [5.41, 5.74) is 0.518. The summed E-state index contributed by atoms with van der Waals surface area (Å²) >= 11 is 1.75. The van der Waals surface area contributed by atoms with Crippen LogP contribution < -0.4 is 5.32 Å². The van der Waals surface area contributed by atoms with Crippen LogP contribution in [-0.2, 0) is 16.0 Å². The van der Waals surface area contributed by atoms with Gasteiger partial charge in [0.1, 0.15) is 5.60 Å². The molecular weight excluding hydrogens is 260 g/mol. The molecule has 19 heavy (non-hydrogen) atoms. The van der Waals surface area contributed by atoms with Gasteiger partial charge in [-0.3, -0.25) is 4.79 Å². The third-order valence-corrected chi connectivity index (χ3v) is 4.76. The molecule has 1 amide bonds. The largest absolute Gasteiger partial charge is 0.365 e. The summed E-state index contributed by atoms with van der Waals surface area (Å²) in [6.07, 6.45) is 3.65. The van der Waals surface area contributed by atoms with Crippen LogP contribution >= 0.6 is 11.3 Å². The molecule has 1 aromatic heterocycles. The van der Waals surface area contributed by atoms with Crippen LogP contribution in [0.25, 0.3) is 0 Å². The van der Waals surface area contributed by atoms with Crippen molar-refractivity contribution in [3.8, 4) is 0 Å². The number of nitrogens with zero attached hydrogens (tertiary/aromatic N) is 1. The maximum atomic E-state index is 12.0. The second kappa shape index (κ2) is 6.01. The van der Waals surface area contributed by atoms with Crippen molar-refractivity contribution in [2.45, 2.75) is 52.1 Å². The Balaban J connectivity index is 1.70. The van der Waals surface area contributed by atoms with Crippen LogP contribution in [-0.4, -0.2) is 29.6 Å². The van der Waals surface area contributed by atoms with Crippen LogP contribution in [0.2, 0.25) is 0 Å². The number of aromatic nitrogens is 1. The molecule has 1 unspecified atom stereocenters. The van der Waals surface area contributed by atoms with Gasteiger partial charge in [-0.1, -0.05) is 0 Å². The zero-order valence-corrected chi connectivity index (χ0v) is 12.7. The zero-order valence-electron chi connectivity index (χ0n) is 11.9. The number of carbonyl (C=O) groups excluding carboxylic acids is 1. The summed E-state index contributed by atoms with van der Waals surface area (Å²) in [4.78, 5) is 17.8. The molecule has 1 aliphatic rings. The molecule has 1 aromatic rings. The Labute approximate surface area is 118 Å². The Hall–Kier alpha value is -0.940. The molecule has 0 aliphatic carbocycles. The first-order valence-electron chi connectivity index (χ1n) is 6.86. The molecule has 5 heteroatoms. The van der Waals surface area contributed by atoms with E-state index in [4.69, 9.17) is 4.74 Å². The van der Waals surface area contributed by atoms with Gasteiger partial charge in [-0.05, 0) is 40.0 Å². The molecular formula is C14H22N2O2S. The Morgan fingerprint density at radius 1 is 1.53 bits per heavy atom. The molecule has 4 nitrogen and oxygen atoms in total. The minimum atomic E-state index is -0.603. The van der Waals surface area contributed by atoms with E-state index in [0.717, 1.165) is 36.4 Å². The zero-order chi connectivity index (χ0) is 13.9. The van der Waals surface area contributed by atoms with Gasteiger partial charge in [0, 0.05) is 24.4 Å². The summed E-state index contributed by atoms with van der Waals surface area (Å²) in [6, 6.07) is 0. The maximum Gasteiger partial charge on any atom is 0.251 e. The number of carbonyl (C=O) groups is 1. The van der Waals surface area contributed by atoms with Crippen LogP contribution in [0, 0.1) is 13.8 Å². The highest BCUT2D eigenvalue weighted by Gasteiger charge is 2.37. The van der Waals surface area contributed by atoms with E-state index in [1.807, 2.05) is 13.8 Å². The van der Waals surface area contributed by atoms with E-state index in [0.29, 0.717) is 13.2 Å².